The van der Waals surface area contributed by atoms with Crippen LogP contribution < -0.4 is 0 Å². The minimum atomic E-state index is -0.979. The molecule has 2 rings (SSSR count). The van der Waals surface area contributed by atoms with E-state index in [1.165, 1.54) is 12.0 Å². The first-order chi connectivity index (χ1) is 8.10. The number of nitrogens with zero attached hydrogens (tertiary/aromatic N) is 3. The Morgan fingerprint density at radius 2 is 2.29 bits per heavy atom. The molecule has 2 heterocycles. The smallest absolute Gasteiger partial charge is 0.410 e. The number of hydrogen-bond acceptors (Lipinski definition) is 5. The summed E-state index contributed by atoms with van der Waals surface area (Å²) in [5.74, 6) is -0.726. The molecule has 0 saturated carbocycles. The topological polar surface area (TPSA) is 92.6 Å². The second-order valence-corrected chi connectivity index (χ2v) is 3.65. The lowest BCUT2D eigenvalue weighted by Gasteiger charge is -2.11. The molecule has 0 aliphatic carbocycles. The third-order valence-corrected chi connectivity index (χ3v) is 2.45. The second-order valence-electron chi connectivity index (χ2n) is 3.65. The molecule has 7 heteroatoms. The van der Waals surface area contributed by atoms with E-state index in [0.717, 1.165) is 5.56 Å². The number of ether oxygens (including phenoxy) is 1. The maximum absolute atomic E-state index is 11.3. The Hall–Kier alpha value is -2.18. The van der Waals surface area contributed by atoms with Crippen molar-refractivity contribution in [2.45, 2.75) is 19.5 Å². The molecule has 0 bridgehead atoms. The first-order valence-corrected chi connectivity index (χ1v) is 4.98. The van der Waals surface area contributed by atoms with Crippen LogP contribution >= 0.6 is 0 Å². The Bertz CT molecular complexity index is 475. The van der Waals surface area contributed by atoms with Crippen molar-refractivity contribution in [2.75, 3.05) is 7.11 Å². The molecule has 1 aromatic rings. The first kappa shape index (κ1) is 11.3. The Kier molecular flexibility index (Phi) is 2.90. The molecule has 17 heavy (non-hydrogen) atoms. The van der Waals surface area contributed by atoms with E-state index in [2.05, 4.69) is 14.7 Å². The molecule has 0 aromatic carbocycles. The second kappa shape index (κ2) is 4.36. The molecular formula is C10H11N3O4. The van der Waals surface area contributed by atoms with Gasteiger partial charge in [-0.1, -0.05) is 0 Å². The van der Waals surface area contributed by atoms with Crippen molar-refractivity contribution >= 4 is 12.1 Å². The molecule has 0 fully saturated rings. The van der Waals surface area contributed by atoms with Crippen LogP contribution in [-0.4, -0.2) is 39.1 Å². The van der Waals surface area contributed by atoms with Gasteiger partial charge in [0.2, 0.25) is 0 Å². The third-order valence-electron chi connectivity index (χ3n) is 2.45. The van der Waals surface area contributed by atoms with Crippen LogP contribution in [0.2, 0.25) is 0 Å². The van der Waals surface area contributed by atoms with Gasteiger partial charge in [0.25, 0.3) is 0 Å². The van der Waals surface area contributed by atoms with Crippen LogP contribution in [0.5, 0.6) is 0 Å². The summed E-state index contributed by atoms with van der Waals surface area (Å²) in [6, 6.07) is 0. The zero-order chi connectivity index (χ0) is 12.4. The van der Waals surface area contributed by atoms with Crippen LogP contribution in [0.15, 0.2) is 6.20 Å². The highest BCUT2D eigenvalue weighted by molar-refractivity contribution is 5.69. The van der Waals surface area contributed by atoms with Gasteiger partial charge >= 0.3 is 12.1 Å². The van der Waals surface area contributed by atoms with Crippen LogP contribution in [0.1, 0.15) is 17.1 Å². The normalized spacial score (nSPS) is 13.4. The summed E-state index contributed by atoms with van der Waals surface area (Å²) in [6.07, 6.45) is 0.914. The van der Waals surface area contributed by atoms with Gasteiger partial charge in [0, 0.05) is 11.8 Å². The van der Waals surface area contributed by atoms with E-state index < -0.39 is 12.1 Å². The standard InChI is InChI=1S/C10H11N3O4/c1-17-10(16)13-4-6-3-11-8(2-9(14)15)12-7(6)5-13/h3H,2,4-5H2,1H3,(H,14,15). The van der Waals surface area contributed by atoms with Gasteiger partial charge in [0.1, 0.15) is 12.2 Å². The first-order valence-electron chi connectivity index (χ1n) is 4.98. The Balaban J connectivity index is 2.16. The van der Waals surface area contributed by atoms with Crippen molar-refractivity contribution in [3.8, 4) is 0 Å². The highest BCUT2D eigenvalue weighted by Crippen LogP contribution is 2.20. The molecule has 0 unspecified atom stereocenters. The Labute approximate surface area is 97.0 Å². The van der Waals surface area contributed by atoms with E-state index >= 15 is 0 Å². The molecule has 90 valence electrons. The van der Waals surface area contributed by atoms with Gasteiger partial charge in [-0.25, -0.2) is 14.8 Å². The van der Waals surface area contributed by atoms with Gasteiger partial charge < -0.3 is 9.84 Å². The molecule has 7 nitrogen and oxygen atoms in total. The number of hydrogen-bond donors (Lipinski definition) is 1. The van der Waals surface area contributed by atoms with Gasteiger partial charge in [-0.3, -0.25) is 9.69 Å². The Morgan fingerprint density at radius 1 is 1.53 bits per heavy atom. The highest BCUT2D eigenvalue weighted by Gasteiger charge is 2.25. The van der Waals surface area contributed by atoms with Crippen molar-refractivity contribution in [3.05, 3.63) is 23.3 Å². The lowest BCUT2D eigenvalue weighted by Crippen LogP contribution is -2.24. The number of aliphatic carboxylic acids is 1. The maximum atomic E-state index is 11.3. The van der Waals surface area contributed by atoms with Gasteiger partial charge in [0.05, 0.1) is 25.9 Å². The number of carboxylic acids is 1. The van der Waals surface area contributed by atoms with Gasteiger partial charge in [-0.05, 0) is 0 Å². The molecule has 0 saturated heterocycles. The number of carboxylic acid groups (broad SMARTS) is 1. The number of carbonyl (C=O) groups is 2. The molecule has 0 radical (unpaired) electrons. The summed E-state index contributed by atoms with van der Waals surface area (Å²) in [5, 5.41) is 8.63. The van der Waals surface area contributed by atoms with E-state index in [0.29, 0.717) is 18.8 Å². The zero-order valence-corrected chi connectivity index (χ0v) is 9.21. The molecule has 1 amide bonds. The third kappa shape index (κ3) is 2.32. The van der Waals surface area contributed by atoms with Crippen LogP contribution in [0, 0.1) is 0 Å². The quantitative estimate of drug-likeness (QED) is 0.789. The minimum absolute atomic E-state index is 0.217. The molecule has 1 aliphatic heterocycles. The SMILES string of the molecule is COC(=O)N1Cc2cnc(CC(=O)O)nc2C1. The molecule has 0 spiro atoms. The zero-order valence-electron chi connectivity index (χ0n) is 9.21. The minimum Gasteiger partial charge on any atom is -0.481 e. The van der Waals surface area contributed by atoms with Gasteiger partial charge in [-0.2, -0.15) is 0 Å². The van der Waals surface area contributed by atoms with E-state index in [1.807, 2.05) is 0 Å². The molecule has 1 aromatic heterocycles. The summed E-state index contributed by atoms with van der Waals surface area (Å²) in [5.41, 5.74) is 1.51. The summed E-state index contributed by atoms with van der Waals surface area (Å²) >= 11 is 0. The predicted molar refractivity (Wildman–Crippen MR) is 55.0 cm³/mol. The number of fused-ring (bicyclic) bond motifs is 1. The average Bonchev–Trinajstić information content (AvgIpc) is 2.70. The van der Waals surface area contributed by atoms with Crippen molar-refractivity contribution in [3.63, 3.8) is 0 Å². The van der Waals surface area contributed by atoms with Crippen molar-refractivity contribution in [1.82, 2.24) is 14.9 Å². The number of amides is 1. The fraction of sp³-hybridized carbons (Fsp3) is 0.400. The van der Waals surface area contributed by atoms with E-state index in [1.54, 1.807) is 6.20 Å². The van der Waals surface area contributed by atoms with Gasteiger partial charge in [0.15, 0.2) is 0 Å². The monoisotopic (exact) mass is 237 g/mol. The van der Waals surface area contributed by atoms with Crippen molar-refractivity contribution in [2.24, 2.45) is 0 Å². The van der Waals surface area contributed by atoms with E-state index in [4.69, 9.17) is 5.11 Å². The van der Waals surface area contributed by atoms with Crippen LogP contribution in [-0.2, 0) is 29.0 Å². The van der Waals surface area contributed by atoms with Crippen LogP contribution in [0.4, 0.5) is 4.79 Å². The van der Waals surface area contributed by atoms with Crippen molar-refractivity contribution in [1.29, 1.82) is 0 Å². The average molecular weight is 237 g/mol. The van der Waals surface area contributed by atoms with Crippen molar-refractivity contribution < 1.29 is 19.4 Å². The van der Waals surface area contributed by atoms with Gasteiger partial charge in [-0.15, -0.1) is 0 Å². The van der Waals surface area contributed by atoms with E-state index in [-0.39, 0.29) is 12.2 Å². The summed E-state index contributed by atoms with van der Waals surface area (Å²) in [6.45, 7) is 0.729. The maximum Gasteiger partial charge on any atom is 0.410 e. The fourth-order valence-corrected chi connectivity index (χ4v) is 1.67. The van der Waals surface area contributed by atoms with Crippen LogP contribution in [0.3, 0.4) is 0 Å². The van der Waals surface area contributed by atoms with E-state index in [9.17, 15) is 9.59 Å². The molecule has 0 atom stereocenters. The number of carbonyl (C=O) groups excluding carboxylic acids is 1. The molecule has 1 aliphatic rings. The number of methoxy groups -OCH3 is 1. The number of aromatic nitrogens is 2. The largest absolute Gasteiger partial charge is 0.481 e. The summed E-state index contributed by atoms with van der Waals surface area (Å²) < 4.78 is 4.60. The lowest BCUT2D eigenvalue weighted by molar-refractivity contribution is -0.136. The summed E-state index contributed by atoms with van der Waals surface area (Å²) in [4.78, 5) is 31.4. The molecular weight excluding hydrogens is 226 g/mol. The predicted octanol–water partition coefficient (Wildman–Crippen LogP) is 0.186. The van der Waals surface area contributed by atoms with Crippen LogP contribution in [0.25, 0.3) is 0 Å². The lowest BCUT2D eigenvalue weighted by atomic mass is 10.2. The Morgan fingerprint density at radius 3 is 2.94 bits per heavy atom. The molecule has 1 N–H and O–H groups in total. The highest BCUT2D eigenvalue weighted by atomic mass is 16.5. The fourth-order valence-electron chi connectivity index (χ4n) is 1.67. The summed E-state index contributed by atoms with van der Waals surface area (Å²) in [7, 11) is 1.31. The number of rotatable bonds is 2.